The van der Waals surface area contributed by atoms with Crippen molar-refractivity contribution in [1.29, 1.82) is 0 Å². The van der Waals surface area contributed by atoms with Crippen molar-refractivity contribution in [2.75, 3.05) is 6.61 Å². The largest absolute Gasteiger partial charge is 0.461 e. The summed E-state index contributed by atoms with van der Waals surface area (Å²) in [7, 11) is 0. The van der Waals surface area contributed by atoms with Gasteiger partial charge in [-0.1, -0.05) is 57.2 Å². The van der Waals surface area contributed by atoms with Crippen LogP contribution in [0.1, 0.15) is 110 Å². The van der Waals surface area contributed by atoms with Crippen LogP contribution >= 0.6 is 0 Å². The van der Waals surface area contributed by atoms with Gasteiger partial charge in [0.25, 0.3) is 0 Å². The van der Waals surface area contributed by atoms with Crippen molar-refractivity contribution in [3.63, 3.8) is 0 Å². The smallest absolute Gasteiger partial charge is 0.306 e. The lowest BCUT2D eigenvalue weighted by atomic mass is 9.43. The number of benzene rings is 1. The van der Waals surface area contributed by atoms with Gasteiger partial charge >= 0.3 is 5.97 Å². The maximum absolute atomic E-state index is 14.5. The normalized spacial score (nSPS) is 40.8. The van der Waals surface area contributed by atoms with E-state index in [-0.39, 0.29) is 41.0 Å². The van der Waals surface area contributed by atoms with Crippen LogP contribution < -0.4 is 0 Å². The predicted octanol–water partition coefficient (Wildman–Crippen LogP) is 8.45. The van der Waals surface area contributed by atoms with Gasteiger partial charge in [0.05, 0.1) is 6.10 Å². The minimum Gasteiger partial charge on any atom is -0.461 e. The third kappa shape index (κ3) is 5.90. The zero-order valence-electron chi connectivity index (χ0n) is 27.0. The van der Waals surface area contributed by atoms with Crippen LogP contribution in [0.5, 0.6) is 0 Å². The van der Waals surface area contributed by atoms with E-state index in [0.29, 0.717) is 42.5 Å². The molecule has 43 heavy (non-hydrogen) atoms. The van der Waals surface area contributed by atoms with Crippen molar-refractivity contribution in [1.82, 2.24) is 0 Å². The first-order valence-electron chi connectivity index (χ1n) is 17.4. The van der Waals surface area contributed by atoms with Gasteiger partial charge in [0.15, 0.2) is 12.1 Å². The molecule has 5 heteroatoms. The maximum Gasteiger partial charge on any atom is 0.306 e. The highest BCUT2D eigenvalue weighted by Crippen LogP contribution is 2.68. The Hall–Kier alpha value is -1.98. The van der Waals surface area contributed by atoms with Crippen LogP contribution in [0.4, 0.5) is 0 Å². The summed E-state index contributed by atoms with van der Waals surface area (Å²) in [6.45, 7) is 10.6. The summed E-state index contributed by atoms with van der Waals surface area (Å²) in [5.41, 5.74) is 2.43. The molecule has 0 N–H and O–H groups in total. The maximum atomic E-state index is 14.5. The van der Waals surface area contributed by atoms with Gasteiger partial charge in [-0.15, -0.1) is 0 Å². The second kappa shape index (κ2) is 12.8. The first-order valence-corrected chi connectivity index (χ1v) is 17.4. The van der Waals surface area contributed by atoms with Crippen LogP contribution in [0.3, 0.4) is 0 Å². The third-order valence-electron chi connectivity index (χ3n) is 13.0. The van der Waals surface area contributed by atoms with Gasteiger partial charge in [0.2, 0.25) is 0 Å². The number of esters is 1. The van der Waals surface area contributed by atoms with E-state index in [0.717, 1.165) is 69.1 Å². The predicted molar refractivity (Wildman–Crippen MR) is 168 cm³/mol. The molecule has 236 valence electrons. The van der Waals surface area contributed by atoms with E-state index < -0.39 is 0 Å². The molecule has 4 aliphatic carbocycles. The zero-order chi connectivity index (χ0) is 30.2. The molecule has 1 aromatic rings. The summed E-state index contributed by atoms with van der Waals surface area (Å²) in [4.78, 5) is 27.1. The molecule has 6 rings (SSSR count). The van der Waals surface area contributed by atoms with Crippen LogP contribution in [0.15, 0.2) is 42.0 Å². The highest BCUT2D eigenvalue weighted by molar-refractivity contribution is 5.99. The summed E-state index contributed by atoms with van der Waals surface area (Å²) in [5.74, 6) is 2.65. The summed E-state index contributed by atoms with van der Waals surface area (Å²) in [5, 5.41) is 0. The van der Waals surface area contributed by atoms with E-state index >= 15 is 0 Å². The van der Waals surface area contributed by atoms with E-state index in [1.54, 1.807) is 0 Å². The van der Waals surface area contributed by atoms with Crippen molar-refractivity contribution in [3.8, 4) is 0 Å². The molecule has 1 saturated heterocycles. The molecule has 1 aliphatic heterocycles. The van der Waals surface area contributed by atoms with Crippen LogP contribution in [0, 0.1) is 46.3 Å². The number of fused-ring (bicyclic) bond motifs is 5. The lowest BCUT2D eigenvalue weighted by molar-refractivity contribution is -0.207. The topological polar surface area (TPSA) is 61.8 Å². The standard InChI is InChI=1S/C38H54O5/c1-5-28-32-23-27(43-34-13-9-10-22-41-34)18-20-38(32,4)31-19-21-37(3)29(15-16-30(37)35(31)36(28)40)25(2)14-17-33(39)42-24-26-11-7-6-8-12-26/h5-8,11-12,25,27,29-32,34-35H,9-10,13-24H2,1-4H3/b28-5-/t25-,27-,29?,30?,31?,32+,34?,35?,37-,38-/m1/s1. The Labute approximate surface area is 259 Å². The molecule has 5 unspecified atom stereocenters. The first-order chi connectivity index (χ1) is 20.7. The highest BCUT2D eigenvalue weighted by Gasteiger charge is 2.64. The fourth-order valence-corrected chi connectivity index (χ4v) is 10.7. The van der Waals surface area contributed by atoms with Gasteiger partial charge in [0, 0.05) is 18.9 Å². The Kier molecular flexibility index (Phi) is 9.23. The Balaban J connectivity index is 1.11. The fraction of sp³-hybridized carbons (Fsp3) is 0.737. The van der Waals surface area contributed by atoms with Gasteiger partial charge < -0.3 is 14.2 Å². The van der Waals surface area contributed by atoms with Gasteiger partial charge in [-0.2, -0.15) is 0 Å². The molecule has 0 amide bonds. The lowest BCUT2D eigenvalue weighted by Gasteiger charge is -2.61. The molecule has 0 radical (unpaired) electrons. The fourth-order valence-electron chi connectivity index (χ4n) is 10.7. The summed E-state index contributed by atoms with van der Waals surface area (Å²) in [6, 6.07) is 9.91. The number of Topliss-reactive ketones (excluding diaryl/α,β-unsaturated/α-hetero) is 1. The van der Waals surface area contributed by atoms with Crippen molar-refractivity contribution < 1.29 is 23.8 Å². The average Bonchev–Trinajstić information content (AvgIpc) is 3.38. The van der Waals surface area contributed by atoms with Crippen LogP contribution in [0.25, 0.3) is 0 Å². The van der Waals surface area contributed by atoms with E-state index in [4.69, 9.17) is 14.2 Å². The number of ether oxygens (including phenoxy) is 3. The second-order valence-corrected chi connectivity index (χ2v) is 15.1. The van der Waals surface area contributed by atoms with Crippen molar-refractivity contribution in [3.05, 3.63) is 47.5 Å². The van der Waals surface area contributed by atoms with E-state index in [2.05, 4.69) is 33.8 Å². The number of carbonyl (C=O) groups excluding carboxylic acids is 2. The number of ketones is 1. The second-order valence-electron chi connectivity index (χ2n) is 15.1. The molecule has 1 heterocycles. The van der Waals surface area contributed by atoms with Crippen LogP contribution in [0.2, 0.25) is 0 Å². The molecule has 5 fully saturated rings. The Bertz CT molecular complexity index is 1170. The SMILES string of the molecule is C/C=C1\C(=O)C2C3CCC([C@H](C)CCC(=O)OCc4ccccc4)[C@@]3(C)CCC2[C@@]2(C)CC[C@@H](OC3CCCCO3)C[C@@H]12. The molecular weight excluding hydrogens is 536 g/mol. The molecular formula is C38H54O5. The quantitative estimate of drug-likeness (QED) is 0.173. The van der Waals surface area contributed by atoms with Gasteiger partial charge in [0.1, 0.15) is 6.61 Å². The lowest BCUT2D eigenvalue weighted by Crippen LogP contribution is -2.58. The van der Waals surface area contributed by atoms with Gasteiger partial charge in [-0.3, -0.25) is 9.59 Å². The van der Waals surface area contributed by atoms with E-state index in [9.17, 15) is 9.59 Å². The average molecular weight is 591 g/mol. The zero-order valence-corrected chi connectivity index (χ0v) is 27.0. The molecule has 1 aromatic carbocycles. The van der Waals surface area contributed by atoms with E-state index in [1.807, 2.05) is 30.3 Å². The molecule has 0 spiro atoms. The van der Waals surface area contributed by atoms with Gasteiger partial charge in [-0.25, -0.2) is 0 Å². The Morgan fingerprint density at radius 3 is 2.53 bits per heavy atom. The summed E-state index contributed by atoms with van der Waals surface area (Å²) in [6.07, 6.45) is 14.7. The number of carbonyl (C=O) groups is 2. The van der Waals surface area contributed by atoms with Crippen LogP contribution in [-0.4, -0.2) is 30.8 Å². The summed E-state index contributed by atoms with van der Waals surface area (Å²) >= 11 is 0. The Morgan fingerprint density at radius 2 is 1.79 bits per heavy atom. The minimum atomic E-state index is -0.104. The van der Waals surface area contributed by atoms with Crippen LogP contribution in [-0.2, 0) is 30.4 Å². The minimum absolute atomic E-state index is 0.0669. The summed E-state index contributed by atoms with van der Waals surface area (Å²) < 4.78 is 18.0. The Morgan fingerprint density at radius 1 is 1.02 bits per heavy atom. The monoisotopic (exact) mass is 590 g/mol. The molecule has 0 aromatic heterocycles. The number of hydrogen-bond donors (Lipinski definition) is 0. The molecule has 10 atom stereocenters. The van der Waals surface area contributed by atoms with Crippen molar-refractivity contribution >= 4 is 11.8 Å². The molecule has 5 aliphatic rings. The van der Waals surface area contributed by atoms with E-state index in [1.165, 1.54) is 19.3 Å². The van der Waals surface area contributed by atoms with Gasteiger partial charge in [-0.05, 0) is 129 Å². The molecule has 0 bridgehead atoms. The number of hydrogen-bond acceptors (Lipinski definition) is 5. The number of rotatable bonds is 8. The molecule has 4 saturated carbocycles. The van der Waals surface area contributed by atoms with Crippen molar-refractivity contribution in [2.24, 2.45) is 46.3 Å². The third-order valence-corrected chi connectivity index (χ3v) is 13.0. The molecule has 5 nitrogen and oxygen atoms in total. The first kappa shape index (κ1) is 31.0. The van der Waals surface area contributed by atoms with Crippen molar-refractivity contribution in [2.45, 2.75) is 124 Å². The number of allylic oxidation sites excluding steroid dienone is 2. The highest BCUT2D eigenvalue weighted by atomic mass is 16.7.